The molecular formula is C11H22N2O. The van der Waals surface area contributed by atoms with E-state index < -0.39 is 0 Å². The van der Waals surface area contributed by atoms with Crippen LogP contribution < -0.4 is 0 Å². The summed E-state index contributed by atoms with van der Waals surface area (Å²) in [7, 11) is 3.89. The van der Waals surface area contributed by atoms with E-state index in [1.54, 1.807) is 0 Å². The number of carbonyl (C=O) groups excluding carboxylic acids is 1. The Labute approximate surface area is 87.1 Å². The predicted octanol–water partition coefficient (Wildman–Crippen LogP) is 1.20. The molecule has 1 rings (SSSR count). The van der Waals surface area contributed by atoms with Gasteiger partial charge in [0.25, 0.3) is 0 Å². The van der Waals surface area contributed by atoms with E-state index in [4.69, 9.17) is 0 Å². The number of hydrogen-bond acceptors (Lipinski definition) is 2. The first-order valence-corrected chi connectivity index (χ1v) is 5.56. The highest BCUT2D eigenvalue weighted by Gasteiger charge is 2.22. The molecule has 0 aliphatic carbocycles. The zero-order valence-electron chi connectivity index (χ0n) is 9.62. The summed E-state index contributed by atoms with van der Waals surface area (Å²) in [5, 5.41) is 0. The molecule has 0 aromatic carbocycles. The van der Waals surface area contributed by atoms with Gasteiger partial charge in [0.1, 0.15) is 0 Å². The highest BCUT2D eigenvalue weighted by atomic mass is 16.2. The molecule has 0 aromatic rings. The smallest absolute Gasteiger partial charge is 0.236 e. The lowest BCUT2D eigenvalue weighted by atomic mass is 9.95. The van der Waals surface area contributed by atoms with Crippen molar-refractivity contribution >= 4 is 5.91 Å². The monoisotopic (exact) mass is 198 g/mol. The molecule has 1 heterocycles. The number of carbonyl (C=O) groups is 1. The average molecular weight is 198 g/mol. The van der Waals surface area contributed by atoms with Gasteiger partial charge in [0, 0.05) is 13.1 Å². The minimum Gasteiger partial charge on any atom is -0.341 e. The van der Waals surface area contributed by atoms with E-state index in [1.807, 2.05) is 23.9 Å². The van der Waals surface area contributed by atoms with Crippen LogP contribution in [-0.4, -0.2) is 49.4 Å². The van der Waals surface area contributed by atoms with E-state index in [1.165, 1.54) is 19.3 Å². The molecule has 0 radical (unpaired) electrons. The molecular weight excluding hydrogens is 176 g/mol. The zero-order chi connectivity index (χ0) is 10.6. The van der Waals surface area contributed by atoms with Crippen LogP contribution in [0.1, 0.15) is 26.2 Å². The fourth-order valence-corrected chi connectivity index (χ4v) is 2.00. The third-order valence-electron chi connectivity index (χ3n) is 2.90. The summed E-state index contributed by atoms with van der Waals surface area (Å²) >= 11 is 0. The van der Waals surface area contributed by atoms with Crippen molar-refractivity contribution in [3.63, 3.8) is 0 Å². The van der Waals surface area contributed by atoms with Gasteiger partial charge in [0.15, 0.2) is 0 Å². The Morgan fingerprint density at radius 1 is 1.50 bits per heavy atom. The maximum Gasteiger partial charge on any atom is 0.236 e. The van der Waals surface area contributed by atoms with Gasteiger partial charge >= 0.3 is 0 Å². The van der Waals surface area contributed by atoms with Gasteiger partial charge < -0.3 is 9.80 Å². The van der Waals surface area contributed by atoms with Gasteiger partial charge in [-0.1, -0.05) is 13.3 Å². The second-order valence-corrected chi connectivity index (χ2v) is 4.49. The molecule has 14 heavy (non-hydrogen) atoms. The van der Waals surface area contributed by atoms with Crippen molar-refractivity contribution in [3.05, 3.63) is 0 Å². The van der Waals surface area contributed by atoms with Crippen LogP contribution in [0.3, 0.4) is 0 Å². The number of amides is 1. The van der Waals surface area contributed by atoms with Crippen molar-refractivity contribution in [2.75, 3.05) is 33.7 Å². The van der Waals surface area contributed by atoms with Crippen LogP contribution in [0.2, 0.25) is 0 Å². The van der Waals surface area contributed by atoms with E-state index in [0.29, 0.717) is 6.54 Å². The van der Waals surface area contributed by atoms with Gasteiger partial charge in [-0.2, -0.15) is 0 Å². The first kappa shape index (κ1) is 11.5. The Morgan fingerprint density at radius 2 is 2.21 bits per heavy atom. The lowest BCUT2D eigenvalue weighted by Gasteiger charge is -2.33. The minimum atomic E-state index is 0.285. The van der Waals surface area contributed by atoms with Crippen LogP contribution in [0.25, 0.3) is 0 Å². The fourth-order valence-electron chi connectivity index (χ4n) is 2.00. The lowest BCUT2D eigenvalue weighted by molar-refractivity contribution is -0.133. The Hall–Kier alpha value is -0.570. The fraction of sp³-hybridized carbons (Fsp3) is 0.909. The van der Waals surface area contributed by atoms with Crippen LogP contribution in [0.5, 0.6) is 0 Å². The van der Waals surface area contributed by atoms with Crippen LogP contribution >= 0.6 is 0 Å². The van der Waals surface area contributed by atoms with Crippen molar-refractivity contribution in [2.24, 2.45) is 5.92 Å². The SMILES string of the molecule is CCC1CCCN(C(=O)CN(C)C)C1. The standard InChI is InChI=1S/C11H22N2O/c1-4-10-6-5-7-13(8-10)11(14)9-12(2)3/h10H,4-9H2,1-3H3. The van der Waals surface area contributed by atoms with E-state index in [0.717, 1.165) is 19.0 Å². The Morgan fingerprint density at radius 3 is 2.79 bits per heavy atom. The van der Waals surface area contributed by atoms with Crippen molar-refractivity contribution in [1.29, 1.82) is 0 Å². The molecule has 0 saturated carbocycles. The molecule has 1 aliphatic heterocycles. The normalized spacial score (nSPS) is 22.9. The number of likely N-dealkylation sites (tertiary alicyclic amines) is 1. The van der Waals surface area contributed by atoms with Gasteiger partial charge in [0.05, 0.1) is 6.54 Å². The Balaban J connectivity index is 2.39. The van der Waals surface area contributed by atoms with Gasteiger partial charge in [-0.3, -0.25) is 4.79 Å². The highest BCUT2D eigenvalue weighted by molar-refractivity contribution is 5.78. The zero-order valence-corrected chi connectivity index (χ0v) is 9.62. The summed E-state index contributed by atoms with van der Waals surface area (Å²) in [5.74, 6) is 1.02. The Kier molecular flexibility index (Phi) is 4.39. The molecule has 1 unspecified atom stereocenters. The van der Waals surface area contributed by atoms with Crippen LogP contribution in [0, 0.1) is 5.92 Å². The van der Waals surface area contributed by atoms with Crippen molar-refractivity contribution in [3.8, 4) is 0 Å². The molecule has 1 atom stereocenters. The largest absolute Gasteiger partial charge is 0.341 e. The first-order valence-electron chi connectivity index (χ1n) is 5.56. The maximum absolute atomic E-state index is 11.8. The number of nitrogens with zero attached hydrogens (tertiary/aromatic N) is 2. The average Bonchev–Trinajstić information content (AvgIpc) is 2.17. The second kappa shape index (κ2) is 5.35. The summed E-state index contributed by atoms with van der Waals surface area (Å²) in [6.07, 6.45) is 3.67. The van der Waals surface area contributed by atoms with Crippen molar-refractivity contribution in [2.45, 2.75) is 26.2 Å². The highest BCUT2D eigenvalue weighted by Crippen LogP contribution is 2.18. The molecule has 1 saturated heterocycles. The summed E-state index contributed by atoms with van der Waals surface area (Å²) in [4.78, 5) is 15.7. The van der Waals surface area contributed by atoms with Crippen LogP contribution in [-0.2, 0) is 4.79 Å². The molecule has 0 N–H and O–H groups in total. The topological polar surface area (TPSA) is 23.6 Å². The second-order valence-electron chi connectivity index (χ2n) is 4.49. The van der Waals surface area contributed by atoms with E-state index in [2.05, 4.69) is 6.92 Å². The number of rotatable bonds is 3. The van der Waals surface area contributed by atoms with Crippen LogP contribution in [0.15, 0.2) is 0 Å². The summed E-state index contributed by atoms with van der Waals surface area (Å²) in [5.41, 5.74) is 0. The van der Waals surface area contributed by atoms with Gasteiger partial charge in [-0.25, -0.2) is 0 Å². The minimum absolute atomic E-state index is 0.285. The summed E-state index contributed by atoms with van der Waals surface area (Å²) < 4.78 is 0. The lowest BCUT2D eigenvalue weighted by Crippen LogP contribution is -2.43. The molecule has 0 spiro atoms. The van der Waals surface area contributed by atoms with E-state index >= 15 is 0 Å². The summed E-state index contributed by atoms with van der Waals surface area (Å²) in [6.45, 7) is 4.70. The molecule has 1 amide bonds. The predicted molar refractivity (Wildman–Crippen MR) is 58.1 cm³/mol. The van der Waals surface area contributed by atoms with E-state index in [9.17, 15) is 4.79 Å². The third-order valence-corrected chi connectivity index (χ3v) is 2.90. The van der Waals surface area contributed by atoms with E-state index in [-0.39, 0.29) is 5.91 Å². The molecule has 82 valence electrons. The number of hydrogen-bond donors (Lipinski definition) is 0. The first-order chi connectivity index (χ1) is 6.63. The molecule has 0 aromatic heterocycles. The molecule has 1 aliphatic rings. The Bertz CT molecular complexity index is 192. The number of piperidine rings is 1. The third kappa shape index (κ3) is 3.29. The summed E-state index contributed by atoms with van der Waals surface area (Å²) in [6, 6.07) is 0. The maximum atomic E-state index is 11.8. The van der Waals surface area contributed by atoms with Gasteiger partial charge in [-0.15, -0.1) is 0 Å². The number of likely N-dealkylation sites (N-methyl/N-ethyl adjacent to an activating group) is 1. The van der Waals surface area contributed by atoms with Gasteiger partial charge in [0.2, 0.25) is 5.91 Å². The molecule has 3 nitrogen and oxygen atoms in total. The van der Waals surface area contributed by atoms with Crippen molar-refractivity contribution < 1.29 is 4.79 Å². The van der Waals surface area contributed by atoms with Crippen molar-refractivity contribution in [1.82, 2.24) is 9.80 Å². The molecule has 0 bridgehead atoms. The van der Waals surface area contributed by atoms with Crippen LogP contribution in [0.4, 0.5) is 0 Å². The van der Waals surface area contributed by atoms with Gasteiger partial charge in [-0.05, 0) is 32.9 Å². The molecule has 3 heteroatoms. The quantitative estimate of drug-likeness (QED) is 0.680. The molecule has 1 fully saturated rings.